The van der Waals surface area contributed by atoms with Crippen molar-refractivity contribution in [3.63, 3.8) is 0 Å². The van der Waals surface area contributed by atoms with E-state index >= 15 is 0 Å². The lowest BCUT2D eigenvalue weighted by Crippen LogP contribution is -2.33. The van der Waals surface area contributed by atoms with E-state index in [4.69, 9.17) is 8.94 Å². The van der Waals surface area contributed by atoms with Crippen molar-refractivity contribution in [2.75, 3.05) is 13.1 Å². The highest BCUT2D eigenvalue weighted by Crippen LogP contribution is 2.27. The van der Waals surface area contributed by atoms with Crippen LogP contribution in [0.1, 0.15) is 30.4 Å². The maximum atomic E-state index is 5.29. The van der Waals surface area contributed by atoms with Crippen molar-refractivity contribution in [2.45, 2.75) is 25.3 Å². The molecule has 4 aromatic heterocycles. The summed E-state index contributed by atoms with van der Waals surface area (Å²) in [4.78, 5) is 6.76. The van der Waals surface area contributed by atoms with E-state index in [0.717, 1.165) is 37.4 Å². The topological polar surface area (TPSA) is 85.5 Å². The van der Waals surface area contributed by atoms with Crippen LogP contribution in [0.15, 0.2) is 51.7 Å². The van der Waals surface area contributed by atoms with E-state index in [1.54, 1.807) is 12.3 Å². The van der Waals surface area contributed by atoms with Crippen LogP contribution in [0.25, 0.3) is 17.3 Å². The zero-order valence-corrected chi connectivity index (χ0v) is 14.2. The molecule has 8 nitrogen and oxygen atoms in total. The fraction of sp³-hybridized carbons (Fsp3) is 0.333. The Hall–Kier alpha value is -3.00. The molecular weight excluding hydrogens is 332 g/mol. The molecule has 8 heteroatoms. The second-order valence-electron chi connectivity index (χ2n) is 6.53. The molecule has 0 atom stereocenters. The quantitative estimate of drug-likeness (QED) is 0.559. The Morgan fingerprint density at radius 3 is 2.85 bits per heavy atom. The van der Waals surface area contributed by atoms with Crippen LogP contribution in [-0.2, 0) is 6.54 Å². The van der Waals surface area contributed by atoms with Crippen molar-refractivity contribution in [3.05, 3.63) is 54.4 Å². The van der Waals surface area contributed by atoms with E-state index in [-0.39, 0.29) is 0 Å². The smallest absolute Gasteiger partial charge is 0.293 e. The minimum Gasteiger partial charge on any atom is -0.459 e. The van der Waals surface area contributed by atoms with Crippen molar-refractivity contribution in [3.8, 4) is 11.7 Å². The average molecular weight is 350 g/mol. The summed E-state index contributed by atoms with van der Waals surface area (Å²) in [5, 5.41) is 12.7. The van der Waals surface area contributed by atoms with Crippen LogP contribution in [0, 0.1) is 0 Å². The van der Waals surface area contributed by atoms with Gasteiger partial charge in [0.1, 0.15) is 5.82 Å². The third kappa shape index (κ3) is 2.78. The minimum atomic E-state index is 0.424. The molecule has 0 amide bonds. The minimum absolute atomic E-state index is 0.424. The lowest BCUT2D eigenvalue weighted by Gasteiger charge is -2.30. The normalized spacial score (nSPS) is 16.5. The lowest BCUT2D eigenvalue weighted by atomic mass is 9.96. The highest BCUT2D eigenvalue weighted by Gasteiger charge is 2.25. The van der Waals surface area contributed by atoms with E-state index < -0.39 is 0 Å². The third-order valence-electron chi connectivity index (χ3n) is 4.86. The number of rotatable bonds is 4. The molecule has 5 rings (SSSR count). The average Bonchev–Trinajstić information content (AvgIpc) is 3.43. The molecule has 26 heavy (non-hydrogen) atoms. The summed E-state index contributed by atoms with van der Waals surface area (Å²) in [5.74, 6) is 3.19. The molecule has 5 heterocycles. The molecule has 1 fully saturated rings. The van der Waals surface area contributed by atoms with Gasteiger partial charge in [-0.15, -0.1) is 10.2 Å². The molecular formula is C18H18N6O2. The fourth-order valence-corrected chi connectivity index (χ4v) is 3.51. The molecule has 0 N–H and O–H groups in total. The first-order valence-electron chi connectivity index (χ1n) is 8.75. The van der Waals surface area contributed by atoms with E-state index in [9.17, 15) is 0 Å². The highest BCUT2D eigenvalue weighted by molar-refractivity contribution is 5.42. The second-order valence-corrected chi connectivity index (χ2v) is 6.53. The maximum absolute atomic E-state index is 5.29. The van der Waals surface area contributed by atoms with Crippen LogP contribution in [0.2, 0.25) is 0 Å². The van der Waals surface area contributed by atoms with E-state index in [2.05, 4.69) is 29.6 Å². The van der Waals surface area contributed by atoms with Crippen LogP contribution in [0.5, 0.6) is 0 Å². The monoisotopic (exact) mass is 350 g/mol. The van der Waals surface area contributed by atoms with Crippen LogP contribution in [0.3, 0.4) is 0 Å². The van der Waals surface area contributed by atoms with Gasteiger partial charge in [0.25, 0.3) is 5.89 Å². The first kappa shape index (κ1) is 15.3. The summed E-state index contributed by atoms with van der Waals surface area (Å²) >= 11 is 0. The molecule has 0 radical (unpaired) electrons. The van der Waals surface area contributed by atoms with Gasteiger partial charge in [0.15, 0.2) is 17.2 Å². The molecule has 132 valence electrons. The Labute approximate surface area is 149 Å². The summed E-state index contributed by atoms with van der Waals surface area (Å²) in [6, 6.07) is 9.60. The SMILES string of the molecule is c1coc(-c2nc(CN3CCC(c4nnc5ccccn45)CC3)no2)c1. The van der Waals surface area contributed by atoms with Gasteiger partial charge in [-0.25, -0.2) is 0 Å². The third-order valence-corrected chi connectivity index (χ3v) is 4.86. The predicted octanol–water partition coefficient (Wildman–Crippen LogP) is 2.75. The second kappa shape index (κ2) is 6.38. The Morgan fingerprint density at radius 1 is 1.08 bits per heavy atom. The molecule has 0 aliphatic carbocycles. The van der Waals surface area contributed by atoms with Gasteiger partial charge >= 0.3 is 0 Å². The highest BCUT2D eigenvalue weighted by atomic mass is 16.5. The van der Waals surface area contributed by atoms with Crippen LogP contribution in [0.4, 0.5) is 0 Å². The number of hydrogen-bond donors (Lipinski definition) is 0. The molecule has 0 spiro atoms. The van der Waals surface area contributed by atoms with E-state index in [1.165, 1.54) is 0 Å². The maximum Gasteiger partial charge on any atom is 0.293 e. The molecule has 0 bridgehead atoms. The Kier molecular flexibility index (Phi) is 3.75. The zero-order valence-electron chi connectivity index (χ0n) is 14.2. The van der Waals surface area contributed by atoms with Crippen LogP contribution >= 0.6 is 0 Å². The standard InChI is InChI=1S/C18H18N6O2/c1-2-8-24-16(5-1)20-21-17(24)13-6-9-23(10-7-13)12-15-19-18(26-22-15)14-4-3-11-25-14/h1-5,8,11,13H,6-7,9-10,12H2. The number of furan rings is 1. The first-order valence-corrected chi connectivity index (χ1v) is 8.75. The molecule has 4 aromatic rings. The number of pyridine rings is 1. The zero-order chi connectivity index (χ0) is 17.3. The molecule has 1 aliphatic heterocycles. The lowest BCUT2D eigenvalue weighted by molar-refractivity contribution is 0.195. The van der Waals surface area contributed by atoms with Gasteiger partial charge < -0.3 is 8.94 Å². The largest absolute Gasteiger partial charge is 0.459 e. The number of fused-ring (bicyclic) bond motifs is 1. The first-order chi connectivity index (χ1) is 12.9. The molecule has 0 aromatic carbocycles. The van der Waals surface area contributed by atoms with Gasteiger partial charge in [0, 0.05) is 12.1 Å². The Morgan fingerprint density at radius 2 is 2.00 bits per heavy atom. The summed E-state index contributed by atoms with van der Waals surface area (Å²) < 4.78 is 12.7. The predicted molar refractivity (Wildman–Crippen MR) is 92.2 cm³/mol. The van der Waals surface area contributed by atoms with Gasteiger partial charge in [-0.05, 0) is 50.2 Å². The number of nitrogens with zero attached hydrogens (tertiary/aromatic N) is 6. The van der Waals surface area contributed by atoms with Gasteiger partial charge in [0.2, 0.25) is 0 Å². The number of aromatic nitrogens is 5. The van der Waals surface area contributed by atoms with Crippen LogP contribution in [-0.4, -0.2) is 42.7 Å². The van der Waals surface area contributed by atoms with Crippen molar-refractivity contribution in [2.24, 2.45) is 0 Å². The van der Waals surface area contributed by atoms with Gasteiger partial charge in [-0.3, -0.25) is 9.30 Å². The molecule has 0 saturated carbocycles. The summed E-state index contributed by atoms with van der Waals surface area (Å²) in [6.07, 6.45) is 5.71. The Balaban J connectivity index is 1.23. The fourth-order valence-electron chi connectivity index (χ4n) is 3.51. The van der Waals surface area contributed by atoms with Gasteiger partial charge in [-0.1, -0.05) is 11.2 Å². The van der Waals surface area contributed by atoms with E-state index in [0.29, 0.717) is 29.9 Å². The summed E-state index contributed by atoms with van der Waals surface area (Å²) in [6.45, 7) is 2.62. The van der Waals surface area contributed by atoms with Crippen molar-refractivity contribution < 1.29 is 8.94 Å². The van der Waals surface area contributed by atoms with Gasteiger partial charge in [0.05, 0.1) is 12.8 Å². The summed E-state index contributed by atoms with van der Waals surface area (Å²) in [5.41, 5.74) is 0.905. The number of piperidine rings is 1. The van der Waals surface area contributed by atoms with Gasteiger partial charge in [-0.2, -0.15) is 4.98 Å². The Bertz CT molecular complexity index is 998. The molecule has 1 saturated heterocycles. The molecule has 1 aliphatic rings. The van der Waals surface area contributed by atoms with Crippen molar-refractivity contribution in [1.82, 2.24) is 29.6 Å². The van der Waals surface area contributed by atoms with Crippen molar-refractivity contribution in [1.29, 1.82) is 0 Å². The molecule has 0 unspecified atom stereocenters. The number of likely N-dealkylation sites (tertiary alicyclic amines) is 1. The van der Waals surface area contributed by atoms with Crippen molar-refractivity contribution >= 4 is 5.65 Å². The number of hydrogen-bond acceptors (Lipinski definition) is 7. The van der Waals surface area contributed by atoms with E-state index in [1.807, 2.05) is 30.5 Å². The summed E-state index contributed by atoms with van der Waals surface area (Å²) in [7, 11) is 0. The van der Waals surface area contributed by atoms with Crippen LogP contribution < -0.4 is 0 Å².